The van der Waals surface area contributed by atoms with Crippen molar-refractivity contribution in [3.8, 4) is 22.3 Å². The van der Waals surface area contributed by atoms with Crippen LogP contribution < -0.4 is 5.32 Å². The molecule has 8 rings (SSSR count). The predicted octanol–water partition coefficient (Wildman–Crippen LogP) is 9.31. The number of aliphatic imine (C=N–C) groups is 2. The van der Waals surface area contributed by atoms with Gasteiger partial charge >= 0.3 is 0 Å². The number of fused-ring (bicyclic) bond motifs is 4. The lowest BCUT2D eigenvalue weighted by Crippen LogP contribution is -2.36. The second kappa shape index (κ2) is 9.92. The standard InChI is InChI=1S/C40H31N3/c1-40(2)33-20-12-11-19-32(33)35-34(40)25-30-17-9-10-18-31(30)36(35)39-42-37(28-15-7-4-8-16-28)41-38(43-39)29-23-21-27(22-24-29)26-13-5-3-6-14-26/h3-25,37H,1-2H3,(H,41,42,43). The zero-order chi connectivity index (χ0) is 29.0. The molecule has 6 aromatic carbocycles. The Bertz CT molecular complexity index is 2050. The SMILES string of the molecule is CC1(C)c2ccccc2-c2c1cc1ccccc1c2C1=NC(c2ccccc2)N=C(c2ccc(-c3ccccc3)cc2)N1. The van der Waals surface area contributed by atoms with E-state index < -0.39 is 0 Å². The first-order valence-electron chi connectivity index (χ1n) is 14.9. The molecule has 0 fully saturated rings. The largest absolute Gasteiger partial charge is 0.324 e. The molecule has 43 heavy (non-hydrogen) atoms. The lowest BCUT2D eigenvalue weighted by molar-refractivity contribution is 0.661. The van der Waals surface area contributed by atoms with Gasteiger partial charge in [-0.1, -0.05) is 147 Å². The third kappa shape index (κ3) is 4.20. The average Bonchev–Trinajstić information content (AvgIpc) is 3.30. The van der Waals surface area contributed by atoms with Crippen LogP contribution in [0.5, 0.6) is 0 Å². The lowest BCUT2D eigenvalue weighted by Gasteiger charge is -2.26. The van der Waals surface area contributed by atoms with Crippen molar-refractivity contribution < 1.29 is 0 Å². The van der Waals surface area contributed by atoms with E-state index in [0.717, 1.165) is 28.4 Å². The number of hydrogen-bond acceptors (Lipinski definition) is 3. The van der Waals surface area contributed by atoms with E-state index in [0.29, 0.717) is 0 Å². The molecule has 0 aromatic heterocycles. The van der Waals surface area contributed by atoms with E-state index in [9.17, 15) is 0 Å². The molecule has 1 N–H and O–H groups in total. The van der Waals surface area contributed by atoms with Crippen molar-refractivity contribution in [3.63, 3.8) is 0 Å². The van der Waals surface area contributed by atoms with Crippen molar-refractivity contribution >= 4 is 22.4 Å². The quantitative estimate of drug-likeness (QED) is 0.232. The summed E-state index contributed by atoms with van der Waals surface area (Å²) in [4.78, 5) is 10.5. The number of benzene rings is 6. The van der Waals surface area contributed by atoms with Crippen molar-refractivity contribution in [2.24, 2.45) is 9.98 Å². The number of amidine groups is 2. The van der Waals surface area contributed by atoms with Gasteiger partial charge in [-0.15, -0.1) is 0 Å². The minimum absolute atomic E-state index is 0.122. The highest BCUT2D eigenvalue weighted by Gasteiger charge is 2.38. The van der Waals surface area contributed by atoms with Gasteiger partial charge in [0.25, 0.3) is 0 Å². The van der Waals surface area contributed by atoms with Gasteiger partial charge in [-0.05, 0) is 55.8 Å². The van der Waals surface area contributed by atoms with Crippen molar-refractivity contribution in [1.82, 2.24) is 5.32 Å². The molecular weight excluding hydrogens is 522 g/mol. The maximum atomic E-state index is 5.33. The molecule has 0 spiro atoms. The summed E-state index contributed by atoms with van der Waals surface area (Å²) in [7, 11) is 0. The molecule has 1 unspecified atom stereocenters. The highest BCUT2D eigenvalue weighted by molar-refractivity contribution is 6.23. The molecule has 6 aromatic rings. The van der Waals surface area contributed by atoms with E-state index in [1.807, 2.05) is 12.1 Å². The molecule has 0 radical (unpaired) electrons. The molecule has 1 aliphatic heterocycles. The Hall–Kier alpha value is -5.28. The Morgan fingerprint density at radius 1 is 0.535 bits per heavy atom. The Morgan fingerprint density at radius 2 is 1.14 bits per heavy atom. The van der Waals surface area contributed by atoms with Crippen LogP contribution in [0.15, 0.2) is 150 Å². The van der Waals surface area contributed by atoms with Crippen LogP contribution in [0.4, 0.5) is 0 Å². The zero-order valence-corrected chi connectivity index (χ0v) is 24.3. The summed E-state index contributed by atoms with van der Waals surface area (Å²) in [6.45, 7) is 4.67. The minimum Gasteiger partial charge on any atom is -0.324 e. The summed E-state index contributed by atoms with van der Waals surface area (Å²) in [6.07, 6.45) is -0.361. The number of nitrogens with one attached hydrogen (secondary N) is 1. The predicted molar refractivity (Wildman–Crippen MR) is 179 cm³/mol. The van der Waals surface area contributed by atoms with Gasteiger partial charge in [-0.3, -0.25) is 0 Å². The van der Waals surface area contributed by atoms with Gasteiger partial charge in [0.2, 0.25) is 0 Å². The van der Waals surface area contributed by atoms with Crippen molar-refractivity contribution in [1.29, 1.82) is 0 Å². The molecule has 1 atom stereocenters. The summed E-state index contributed by atoms with van der Waals surface area (Å²) >= 11 is 0. The van der Waals surface area contributed by atoms with Crippen LogP contribution in [0.2, 0.25) is 0 Å². The minimum atomic E-state index is -0.361. The van der Waals surface area contributed by atoms with E-state index in [1.54, 1.807) is 0 Å². The van der Waals surface area contributed by atoms with Crippen molar-refractivity contribution in [2.45, 2.75) is 25.4 Å². The van der Waals surface area contributed by atoms with Crippen LogP contribution in [0, 0.1) is 0 Å². The molecule has 1 heterocycles. The average molecular weight is 554 g/mol. The Kier molecular flexibility index (Phi) is 5.87. The summed E-state index contributed by atoms with van der Waals surface area (Å²) in [5.41, 5.74) is 10.7. The van der Waals surface area contributed by atoms with Crippen LogP contribution in [0.25, 0.3) is 33.0 Å². The normalized spacial score (nSPS) is 16.6. The molecule has 2 aliphatic rings. The Morgan fingerprint density at radius 3 is 1.93 bits per heavy atom. The van der Waals surface area contributed by atoms with Gasteiger partial charge in [-0.2, -0.15) is 0 Å². The van der Waals surface area contributed by atoms with Crippen LogP contribution in [-0.2, 0) is 5.41 Å². The smallest absolute Gasteiger partial charge is 0.169 e. The van der Waals surface area contributed by atoms with Gasteiger partial charge in [0.1, 0.15) is 11.7 Å². The third-order valence-electron chi connectivity index (χ3n) is 8.93. The Balaban J connectivity index is 1.33. The first-order valence-corrected chi connectivity index (χ1v) is 14.9. The molecule has 0 bridgehead atoms. The summed E-state index contributed by atoms with van der Waals surface area (Å²) in [5.74, 6) is 1.68. The molecular formula is C40H31N3. The summed E-state index contributed by atoms with van der Waals surface area (Å²) < 4.78 is 0. The second-order valence-corrected chi connectivity index (χ2v) is 11.9. The van der Waals surface area contributed by atoms with Crippen LogP contribution in [0.3, 0.4) is 0 Å². The van der Waals surface area contributed by atoms with Gasteiger partial charge in [-0.25, -0.2) is 9.98 Å². The van der Waals surface area contributed by atoms with Crippen LogP contribution >= 0.6 is 0 Å². The third-order valence-corrected chi connectivity index (χ3v) is 8.93. The highest BCUT2D eigenvalue weighted by atomic mass is 15.2. The van der Waals surface area contributed by atoms with Gasteiger partial charge < -0.3 is 5.32 Å². The van der Waals surface area contributed by atoms with E-state index >= 15 is 0 Å². The fourth-order valence-electron chi connectivity index (χ4n) is 6.71. The second-order valence-electron chi connectivity index (χ2n) is 11.9. The number of rotatable bonds is 4. The molecule has 3 heteroatoms. The summed E-state index contributed by atoms with van der Waals surface area (Å²) in [5, 5.41) is 6.13. The van der Waals surface area contributed by atoms with E-state index in [-0.39, 0.29) is 11.6 Å². The van der Waals surface area contributed by atoms with Crippen molar-refractivity contribution in [2.75, 3.05) is 0 Å². The molecule has 0 amide bonds. The van der Waals surface area contributed by atoms with E-state index in [1.165, 1.54) is 44.2 Å². The monoisotopic (exact) mass is 553 g/mol. The highest BCUT2D eigenvalue weighted by Crippen LogP contribution is 2.52. The molecule has 3 nitrogen and oxygen atoms in total. The van der Waals surface area contributed by atoms with Gasteiger partial charge in [0.15, 0.2) is 6.17 Å². The number of nitrogens with zero attached hydrogens (tertiary/aromatic N) is 2. The first kappa shape index (κ1) is 25.4. The fraction of sp³-hybridized carbons (Fsp3) is 0.100. The van der Waals surface area contributed by atoms with Crippen molar-refractivity contribution in [3.05, 3.63) is 167 Å². The summed E-state index contributed by atoms with van der Waals surface area (Å²) in [6, 6.07) is 49.4. The lowest BCUT2D eigenvalue weighted by atomic mass is 9.81. The molecule has 1 aliphatic carbocycles. The Labute approximate surface area is 252 Å². The number of hydrogen-bond donors (Lipinski definition) is 1. The maximum Gasteiger partial charge on any atom is 0.169 e. The molecule has 0 saturated carbocycles. The first-order chi connectivity index (χ1) is 21.1. The van der Waals surface area contributed by atoms with E-state index in [4.69, 9.17) is 9.98 Å². The van der Waals surface area contributed by atoms with Crippen LogP contribution in [-0.4, -0.2) is 11.7 Å². The van der Waals surface area contributed by atoms with Gasteiger partial charge in [0.05, 0.1) is 0 Å². The van der Waals surface area contributed by atoms with Gasteiger partial charge in [0, 0.05) is 16.5 Å². The molecule has 206 valence electrons. The topological polar surface area (TPSA) is 36.8 Å². The molecule has 0 saturated heterocycles. The maximum absolute atomic E-state index is 5.33. The zero-order valence-electron chi connectivity index (χ0n) is 24.3. The van der Waals surface area contributed by atoms with E-state index in [2.05, 4.69) is 147 Å². The fourth-order valence-corrected chi connectivity index (χ4v) is 6.71. The van der Waals surface area contributed by atoms with Crippen LogP contribution in [0.1, 0.15) is 47.8 Å².